The summed E-state index contributed by atoms with van der Waals surface area (Å²) in [5, 5.41) is 18.7. The summed E-state index contributed by atoms with van der Waals surface area (Å²) in [5.74, 6) is 0. The van der Waals surface area contributed by atoms with Gasteiger partial charge in [0.15, 0.2) is 0 Å². The molecule has 2 unspecified atom stereocenters. The van der Waals surface area contributed by atoms with Crippen LogP contribution in [0, 0.1) is 0 Å². The molecular formula is C13H24N2O2. The van der Waals surface area contributed by atoms with Crippen LogP contribution in [0.3, 0.4) is 0 Å². The summed E-state index contributed by atoms with van der Waals surface area (Å²) in [7, 11) is 0. The monoisotopic (exact) mass is 240 g/mol. The van der Waals surface area contributed by atoms with Crippen LogP contribution in [-0.2, 0) is 0 Å². The number of hydrogen-bond acceptors (Lipinski definition) is 4. The molecule has 2 atom stereocenters. The summed E-state index contributed by atoms with van der Waals surface area (Å²) in [4.78, 5) is 0. The van der Waals surface area contributed by atoms with E-state index in [2.05, 4.69) is 0 Å². The Morgan fingerprint density at radius 3 is 2.53 bits per heavy atom. The van der Waals surface area contributed by atoms with Crippen LogP contribution in [0.15, 0.2) is 23.4 Å². The van der Waals surface area contributed by atoms with Crippen LogP contribution in [0.25, 0.3) is 0 Å². The molecule has 0 aliphatic heterocycles. The quantitative estimate of drug-likeness (QED) is 0.529. The highest BCUT2D eigenvalue weighted by molar-refractivity contribution is 5.24. The predicted molar refractivity (Wildman–Crippen MR) is 69.1 cm³/mol. The molecule has 0 radical (unpaired) electrons. The summed E-state index contributed by atoms with van der Waals surface area (Å²) in [6.45, 7) is 0.138. The maximum Gasteiger partial charge on any atom is 0.0753 e. The Kier molecular flexibility index (Phi) is 6.26. The van der Waals surface area contributed by atoms with Gasteiger partial charge in [0.1, 0.15) is 0 Å². The molecule has 1 aliphatic carbocycles. The maximum absolute atomic E-state index is 9.97. The minimum atomic E-state index is -0.374. The van der Waals surface area contributed by atoms with Crippen molar-refractivity contribution in [2.75, 3.05) is 6.61 Å². The van der Waals surface area contributed by atoms with Crippen LogP contribution in [0.2, 0.25) is 0 Å². The molecule has 0 fully saturated rings. The Hall–Kier alpha value is -0.840. The van der Waals surface area contributed by atoms with Crippen LogP contribution < -0.4 is 11.5 Å². The van der Waals surface area contributed by atoms with Crippen LogP contribution >= 0.6 is 0 Å². The Bertz CT molecular complexity index is 287. The third kappa shape index (κ3) is 5.35. The molecule has 1 rings (SSSR count). The van der Waals surface area contributed by atoms with E-state index in [0.29, 0.717) is 6.42 Å². The van der Waals surface area contributed by atoms with Crippen LogP contribution in [-0.4, -0.2) is 29.0 Å². The van der Waals surface area contributed by atoms with Gasteiger partial charge in [0.25, 0.3) is 0 Å². The predicted octanol–water partition coefficient (Wildman–Crippen LogP) is 0.790. The largest absolute Gasteiger partial charge is 0.402 e. The molecule has 4 nitrogen and oxygen atoms in total. The van der Waals surface area contributed by atoms with Crippen LogP contribution in [0.4, 0.5) is 0 Å². The lowest BCUT2D eigenvalue weighted by molar-refractivity contribution is 0.189. The molecule has 98 valence electrons. The molecule has 0 aromatic rings. The molecule has 0 bridgehead atoms. The average Bonchev–Trinajstić information content (AvgIpc) is 2.30. The van der Waals surface area contributed by atoms with Crippen molar-refractivity contribution >= 4 is 0 Å². The highest BCUT2D eigenvalue weighted by Gasteiger charge is 2.13. The fraction of sp³-hybridized carbons (Fsp3) is 0.692. The number of rotatable bonds is 7. The lowest BCUT2D eigenvalue weighted by atomic mass is 9.94. The summed E-state index contributed by atoms with van der Waals surface area (Å²) in [5.41, 5.74) is 13.4. The second-order valence-electron chi connectivity index (χ2n) is 4.70. The molecule has 4 heteroatoms. The first kappa shape index (κ1) is 14.2. The Morgan fingerprint density at radius 2 is 1.94 bits per heavy atom. The first-order chi connectivity index (χ1) is 8.13. The van der Waals surface area contributed by atoms with E-state index >= 15 is 0 Å². The van der Waals surface area contributed by atoms with Gasteiger partial charge < -0.3 is 21.7 Å². The highest BCUT2D eigenvalue weighted by Crippen LogP contribution is 2.21. The van der Waals surface area contributed by atoms with E-state index < -0.39 is 0 Å². The standard InChI is InChI=1S/C13H24N2O2/c14-11(8-9-16)2-1-3-13(17)10-4-6-12(15)7-5-10/h4,6,11,13,16-17H,1-3,5,7-9,14-15H2. The Balaban J connectivity index is 2.23. The second kappa shape index (κ2) is 7.48. The van der Waals surface area contributed by atoms with E-state index in [1.807, 2.05) is 12.2 Å². The van der Waals surface area contributed by atoms with Crippen molar-refractivity contribution in [2.45, 2.75) is 50.7 Å². The second-order valence-corrected chi connectivity index (χ2v) is 4.70. The average molecular weight is 240 g/mol. The van der Waals surface area contributed by atoms with E-state index in [1.165, 1.54) is 0 Å². The number of hydrogen-bond donors (Lipinski definition) is 4. The van der Waals surface area contributed by atoms with Crippen LogP contribution in [0.5, 0.6) is 0 Å². The molecule has 0 saturated heterocycles. The lowest BCUT2D eigenvalue weighted by Gasteiger charge is -2.18. The molecular weight excluding hydrogens is 216 g/mol. The molecule has 0 aromatic carbocycles. The third-order valence-electron chi connectivity index (χ3n) is 3.19. The molecule has 6 N–H and O–H groups in total. The van der Waals surface area contributed by atoms with Gasteiger partial charge in [-0.1, -0.05) is 6.08 Å². The minimum Gasteiger partial charge on any atom is -0.402 e. The first-order valence-electron chi connectivity index (χ1n) is 6.33. The van der Waals surface area contributed by atoms with Gasteiger partial charge in [0.2, 0.25) is 0 Å². The fourth-order valence-electron chi connectivity index (χ4n) is 2.02. The normalized spacial score (nSPS) is 19.5. The summed E-state index contributed by atoms with van der Waals surface area (Å²) in [6, 6.07) is 0.0445. The smallest absolute Gasteiger partial charge is 0.0753 e. The Labute approximate surface area is 103 Å². The summed E-state index contributed by atoms with van der Waals surface area (Å²) < 4.78 is 0. The SMILES string of the molecule is NC1=CC=C(C(O)CCCC(N)CCO)CC1. The molecule has 0 spiro atoms. The van der Waals surface area contributed by atoms with Crippen LogP contribution in [0.1, 0.15) is 38.5 Å². The van der Waals surface area contributed by atoms with Gasteiger partial charge >= 0.3 is 0 Å². The maximum atomic E-state index is 9.97. The van der Waals surface area contributed by atoms with Crippen molar-refractivity contribution in [1.29, 1.82) is 0 Å². The van der Waals surface area contributed by atoms with Crippen molar-refractivity contribution in [3.05, 3.63) is 23.4 Å². The van der Waals surface area contributed by atoms with Gasteiger partial charge in [0, 0.05) is 18.3 Å². The van der Waals surface area contributed by atoms with Gasteiger partial charge in [-0.3, -0.25) is 0 Å². The first-order valence-corrected chi connectivity index (χ1v) is 6.33. The highest BCUT2D eigenvalue weighted by atomic mass is 16.3. The van der Waals surface area contributed by atoms with Crippen molar-refractivity contribution in [1.82, 2.24) is 0 Å². The zero-order valence-corrected chi connectivity index (χ0v) is 10.3. The number of aliphatic hydroxyl groups excluding tert-OH is 2. The lowest BCUT2D eigenvalue weighted by Crippen LogP contribution is -2.22. The van der Waals surface area contributed by atoms with Gasteiger partial charge in [0.05, 0.1) is 6.10 Å². The third-order valence-corrected chi connectivity index (χ3v) is 3.19. The van der Waals surface area contributed by atoms with Gasteiger partial charge in [-0.25, -0.2) is 0 Å². The van der Waals surface area contributed by atoms with Gasteiger partial charge in [-0.05, 0) is 50.2 Å². The van der Waals surface area contributed by atoms with Crippen molar-refractivity contribution in [3.63, 3.8) is 0 Å². The van der Waals surface area contributed by atoms with Gasteiger partial charge in [-0.2, -0.15) is 0 Å². The van der Waals surface area contributed by atoms with E-state index in [1.54, 1.807) is 0 Å². The van der Waals surface area contributed by atoms with E-state index in [-0.39, 0.29) is 18.8 Å². The Morgan fingerprint density at radius 1 is 1.18 bits per heavy atom. The van der Waals surface area contributed by atoms with Gasteiger partial charge in [-0.15, -0.1) is 0 Å². The summed E-state index contributed by atoms with van der Waals surface area (Å²) in [6.07, 6.45) is 8.23. The van der Waals surface area contributed by atoms with Crippen molar-refractivity contribution in [3.8, 4) is 0 Å². The topological polar surface area (TPSA) is 92.5 Å². The number of allylic oxidation sites excluding steroid dienone is 3. The molecule has 0 aromatic heterocycles. The van der Waals surface area contributed by atoms with E-state index in [0.717, 1.165) is 43.4 Å². The zero-order chi connectivity index (χ0) is 12.7. The zero-order valence-electron chi connectivity index (χ0n) is 10.3. The molecule has 1 aliphatic rings. The number of nitrogens with two attached hydrogens (primary N) is 2. The molecule has 17 heavy (non-hydrogen) atoms. The summed E-state index contributed by atoms with van der Waals surface area (Å²) >= 11 is 0. The molecule has 0 heterocycles. The fourth-order valence-corrected chi connectivity index (χ4v) is 2.02. The van der Waals surface area contributed by atoms with E-state index in [4.69, 9.17) is 16.6 Å². The van der Waals surface area contributed by atoms with Crippen molar-refractivity contribution < 1.29 is 10.2 Å². The van der Waals surface area contributed by atoms with Crippen molar-refractivity contribution in [2.24, 2.45) is 11.5 Å². The molecule has 0 saturated carbocycles. The number of aliphatic hydroxyl groups is 2. The minimum absolute atomic E-state index is 0.0445. The molecule has 0 amide bonds. The van der Waals surface area contributed by atoms with E-state index in [9.17, 15) is 5.11 Å².